The summed E-state index contributed by atoms with van der Waals surface area (Å²) in [4.78, 5) is 23.9. The van der Waals surface area contributed by atoms with Gasteiger partial charge in [-0.25, -0.2) is 4.79 Å². The molecule has 0 saturated carbocycles. The fraction of sp³-hybridized carbons (Fsp3) is 0.176. The van der Waals surface area contributed by atoms with Crippen molar-refractivity contribution >= 4 is 28.5 Å². The van der Waals surface area contributed by atoms with Gasteiger partial charge in [-0.2, -0.15) is 0 Å². The van der Waals surface area contributed by atoms with Crippen LogP contribution in [0.4, 0.5) is 0 Å². The summed E-state index contributed by atoms with van der Waals surface area (Å²) in [6.07, 6.45) is 3.96. The number of allylic oxidation sites excluding steroid dienone is 2. The number of amides is 1. The van der Waals surface area contributed by atoms with Crippen LogP contribution in [0.15, 0.2) is 59.3 Å². The molecular formula is C17H14ClNO3. The second kappa shape index (κ2) is 5.81. The Morgan fingerprint density at radius 2 is 2.05 bits per heavy atom. The molecule has 22 heavy (non-hydrogen) atoms. The number of ether oxygens (including phenoxy) is 1. The van der Waals surface area contributed by atoms with Crippen molar-refractivity contribution in [1.82, 2.24) is 5.32 Å². The highest BCUT2D eigenvalue weighted by molar-refractivity contribution is 6.51. The van der Waals surface area contributed by atoms with Gasteiger partial charge in [-0.1, -0.05) is 48.0 Å². The predicted octanol–water partition coefficient (Wildman–Crippen LogP) is 2.77. The zero-order valence-electron chi connectivity index (χ0n) is 11.9. The van der Waals surface area contributed by atoms with Crippen LogP contribution in [0.5, 0.6) is 0 Å². The van der Waals surface area contributed by atoms with Crippen LogP contribution in [0.3, 0.4) is 0 Å². The summed E-state index contributed by atoms with van der Waals surface area (Å²) in [7, 11) is 1.33. The van der Waals surface area contributed by atoms with Gasteiger partial charge in [-0.15, -0.1) is 0 Å². The van der Waals surface area contributed by atoms with E-state index in [1.807, 2.05) is 30.3 Å². The summed E-state index contributed by atoms with van der Waals surface area (Å²) in [6.45, 7) is 0. The summed E-state index contributed by atoms with van der Waals surface area (Å²) in [5.74, 6) is -0.773. The van der Waals surface area contributed by atoms with Gasteiger partial charge in [0.1, 0.15) is 0 Å². The molecule has 1 aliphatic carbocycles. The molecule has 1 aromatic carbocycles. The maximum atomic E-state index is 12.3. The van der Waals surface area contributed by atoms with Gasteiger partial charge in [-0.05, 0) is 18.1 Å². The highest BCUT2D eigenvalue weighted by Gasteiger charge is 2.37. The Morgan fingerprint density at radius 1 is 1.32 bits per heavy atom. The van der Waals surface area contributed by atoms with Gasteiger partial charge in [-0.3, -0.25) is 4.79 Å². The number of esters is 1. The third kappa shape index (κ3) is 2.46. The Kier molecular flexibility index (Phi) is 3.86. The van der Waals surface area contributed by atoms with E-state index in [4.69, 9.17) is 16.3 Å². The van der Waals surface area contributed by atoms with Crippen molar-refractivity contribution in [3.05, 3.63) is 64.9 Å². The quantitative estimate of drug-likeness (QED) is 0.674. The van der Waals surface area contributed by atoms with Gasteiger partial charge in [0.25, 0.3) is 5.91 Å². The van der Waals surface area contributed by atoms with Gasteiger partial charge in [0.15, 0.2) is 0 Å². The molecule has 1 aliphatic heterocycles. The van der Waals surface area contributed by atoms with E-state index in [1.165, 1.54) is 7.11 Å². The molecule has 1 N–H and O–H groups in total. The molecule has 5 heteroatoms. The maximum absolute atomic E-state index is 12.3. The van der Waals surface area contributed by atoms with Crippen LogP contribution in [-0.4, -0.2) is 19.0 Å². The Morgan fingerprint density at radius 3 is 2.73 bits per heavy atom. The Balaban J connectivity index is 1.98. The van der Waals surface area contributed by atoms with Crippen molar-refractivity contribution in [3.8, 4) is 0 Å². The number of benzene rings is 1. The number of carbonyl (C=O) groups is 2. The first-order valence-corrected chi connectivity index (χ1v) is 7.26. The van der Waals surface area contributed by atoms with Crippen molar-refractivity contribution < 1.29 is 14.3 Å². The minimum absolute atomic E-state index is 0.145. The average molecular weight is 316 g/mol. The monoisotopic (exact) mass is 315 g/mol. The second-order valence-corrected chi connectivity index (χ2v) is 5.46. The van der Waals surface area contributed by atoms with Crippen LogP contribution >= 0.6 is 11.6 Å². The van der Waals surface area contributed by atoms with Crippen molar-refractivity contribution in [3.63, 3.8) is 0 Å². The molecule has 1 fully saturated rings. The van der Waals surface area contributed by atoms with Crippen LogP contribution in [0.2, 0.25) is 0 Å². The molecule has 0 bridgehead atoms. The van der Waals surface area contributed by atoms with Crippen LogP contribution in [0.25, 0.3) is 5.03 Å². The highest BCUT2D eigenvalue weighted by Crippen LogP contribution is 2.39. The number of methoxy groups -OCH3 is 1. The molecule has 112 valence electrons. The molecule has 0 radical (unpaired) electrons. The van der Waals surface area contributed by atoms with Gasteiger partial charge in [0.05, 0.1) is 17.7 Å². The van der Waals surface area contributed by atoms with E-state index in [-0.39, 0.29) is 11.8 Å². The Labute approximate surface area is 133 Å². The first-order valence-electron chi connectivity index (χ1n) is 6.88. The molecule has 1 aromatic rings. The third-order valence-electron chi connectivity index (χ3n) is 3.80. The third-order valence-corrected chi connectivity index (χ3v) is 4.22. The molecule has 2 aliphatic rings. The number of hydrogen-bond acceptors (Lipinski definition) is 3. The van der Waals surface area contributed by atoms with E-state index < -0.39 is 5.97 Å². The highest BCUT2D eigenvalue weighted by atomic mass is 35.5. The number of hydrogen-bond donors (Lipinski definition) is 1. The van der Waals surface area contributed by atoms with Crippen molar-refractivity contribution in [2.75, 3.05) is 7.11 Å². The number of nitrogens with one attached hydrogen (secondary N) is 1. The lowest BCUT2D eigenvalue weighted by atomic mass is 9.89. The van der Waals surface area contributed by atoms with Gasteiger partial charge < -0.3 is 10.1 Å². The predicted molar refractivity (Wildman–Crippen MR) is 83.6 cm³/mol. The van der Waals surface area contributed by atoms with E-state index >= 15 is 0 Å². The molecule has 1 saturated heterocycles. The van der Waals surface area contributed by atoms with Crippen molar-refractivity contribution in [1.29, 1.82) is 0 Å². The Bertz CT molecular complexity index is 732. The smallest absolute Gasteiger partial charge is 0.337 e. The molecule has 0 aromatic heterocycles. The lowest BCUT2D eigenvalue weighted by Gasteiger charge is -2.16. The van der Waals surface area contributed by atoms with Crippen molar-refractivity contribution in [2.24, 2.45) is 5.92 Å². The Hall–Kier alpha value is -2.33. The van der Waals surface area contributed by atoms with Crippen LogP contribution in [0.1, 0.15) is 12.0 Å². The number of carbonyl (C=O) groups excluding carboxylic acids is 2. The van der Waals surface area contributed by atoms with Crippen LogP contribution in [0, 0.1) is 5.92 Å². The van der Waals surface area contributed by atoms with E-state index in [1.54, 1.807) is 12.2 Å². The minimum Gasteiger partial charge on any atom is -0.465 e. The van der Waals surface area contributed by atoms with Crippen LogP contribution in [-0.2, 0) is 14.3 Å². The van der Waals surface area contributed by atoms with E-state index in [9.17, 15) is 9.59 Å². The lowest BCUT2D eigenvalue weighted by Crippen LogP contribution is -2.16. The SMILES string of the molecule is COC(=O)C1=CCC2C(=C1)NC(=O)C2=C(Cl)c1ccccc1. The molecule has 1 amide bonds. The fourth-order valence-electron chi connectivity index (χ4n) is 2.70. The molecule has 1 unspecified atom stereocenters. The molecular weight excluding hydrogens is 302 g/mol. The number of halogens is 1. The lowest BCUT2D eigenvalue weighted by molar-refractivity contribution is -0.135. The first kappa shape index (κ1) is 14.6. The summed E-state index contributed by atoms with van der Waals surface area (Å²) >= 11 is 6.43. The summed E-state index contributed by atoms with van der Waals surface area (Å²) in [5.41, 5.74) is 2.49. The van der Waals surface area contributed by atoms with E-state index in [0.717, 1.165) is 5.56 Å². The maximum Gasteiger partial charge on any atom is 0.337 e. The van der Waals surface area contributed by atoms with Gasteiger partial charge >= 0.3 is 5.97 Å². The minimum atomic E-state index is -0.410. The van der Waals surface area contributed by atoms with E-state index in [0.29, 0.717) is 28.3 Å². The molecule has 4 nitrogen and oxygen atoms in total. The first-order chi connectivity index (χ1) is 10.6. The summed E-state index contributed by atoms with van der Waals surface area (Å²) in [6, 6.07) is 9.37. The standard InChI is InChI=1S/C17H14ClNO3/c1-22-17(21)11-7-8-12-13(9-11)19-16(20)14(12)15(18)10-5-3-2-4-6-10/h2-7,9,12H,8H2,1H3,(H,19,20). The average Bonchev–Trinajstić information content (AvgIpc) is 2.89. The second-order valence-electron chi connectivity index (χ2n) is 5.09. The normalized spacial score (nSPS) is 22.3. The summed E-state index contributed by atoms with van der Waals surface area (Å²) in [5, 5.41) is 3.24. The topological polar surface area (TPSA) is 55.4 Å². The zero-order chi connectivity index (χ0) is 15.7. The zero-order valence-corrected chi connectivity index (χ0v) is 12.7. The van der Waals surface area contributed by atoms with Crippen molar-refractivity contribution in [2.45, 2.75) is 6.42 Å². The molecule has 3 rings (SSSR count). The van der Waals surface area contributed by atoms with Crippen LogP contribution < -0.4 is 5.32 Å². The largest absolute Gasteiger partial charge is 0.465 e. The summed E-state index contributed by atoms with van der Waals surface area (Å²) < 4.78 is 4.71. The molecule has 0 spiro atoms. The number of rotatable bonds is 2. The fourth-order valence-corrected chi connectivity index (χ4v) is 3.05. The van der Waals surface area contributed by atoms with E-state index in [2.05, 4.69) is 5.32 Å². The van der Waals surface area contributed by atoms with Gasteiger partial charge in [0.2, 0.25) is 0 Å². The molecule has 1 heterocycles. The number of fused-ring (bicyclic) bond motifs is 1. The van der Waals surface area contributed by atoms with Gasteiger partial charge in [0, 0.05) is 17.2 Å². The molecule has 1 atom stereocenters.